The van der Waals surface area contributed by atoms with Crippen molar-refractivity contribution < 1.29 is 9.90 Å². The topological polar surface area (TPSA) is 53.4 Å². The Balaban J connectivity index is 2.04. The summed E-state index contributed by atoms with van der Waals surface area (Å²) in [6.45, 7) is 1.52. The maximum atomic E-state index is 10.9. The van der Waals surface area contributed by atoms with Gasteiger partial charge in [0.05, 0.1) is 5.56 Å². The number of rotatable bonds is 5. The number of aromatic carboxylic acids is 1. The van der Waals surface area contributed by atoms with E-state index in [0.717, 1.165) is 28.7 Å². The van der Waals surface area contributed by atoms with Crippen molar-refractivity contribution in [3.05, 3.63) is 63.9 Å². The van der Waals surface area contributed by atoms with Crippen LogP contribution in [0.25, 0.3) is 0 Å². The van der Waals surface area contributed by atoms with Crippen LogP contribution in [-0.2, 0) is 13.1 Å². The van der Waals surface area contributed by atoms with E-state index in [-0.39, 0.29) is 5.56 Å². The molecule has 2 rings (SSSR count). The normalized spacial score (nSPS) is 10.8. The number of pyridine rings is 1. The molecule has 1 aromatic carbocycles. The molecule has 0 saturated carbocycles. The van der Waals surface area contributed by atoms with Crippen molar-refractivity contribution in [2.75, 3.05) is 7.05 Å². The van der Waals surface area contributed by atoms with E-state index in [1.54, 1.807) is 18.3 Å². The zero-order valence-corrected chi connectivity index (χ0v) is 12.7. The van der Waals surface area contributed by atoms with Crippen LogP contribution in [0.15, 0.2) is 47.2 Å². The van der Waals surface area contributed by atoms with Gasteiger partial charge in [-0.3, -0.25) is 9.88 Å². The molecular weight excluding hydrogens is 320 g/mol. The first kappa shape index (κ1) is 14.7. The molecule has 0 aliphatic heterocycles. The fourth-order valence-electron chi connectivity index (χ4n) is 1.96. The number of benzene rings is 1. The largest absolute Gasteiger partial charge is 0.478 e. The summed E-state index contributed by atoms with van der Waals surface area (Å²) in [4.78, 5) is 17.1. The summed E-state index contributed by atoms with van der Waals surface area (Å²) in [6.07, 6.45) is 3.60. The molecule has 0 spiro atoms. The molecule has 0 atom stereocenters. The molecule has 0 radical (unpaired) electrons. The summed E-state index contributed by atoms with van der Waals surface area (Å²) in [5, 5.41) is 8.94. The Hall–Kier alpha value is -1.72. The van der Waals surface area contributed by atoms with E-state index in [1.807, 2.05) is 31.4 Å². The summed E-state index contributed by atoms with van der Waals surface area (Å²) in [5.41, 5.74) is 2.49. The predicted molar refractivity (Wildman–Crippen MR) is 80.5 cm³/mol. The van der Waals surface area contributed by atoms with Crippen LogP contribution >= 0.6 is 15.9 Å². The average Bonchev–Trinajstić information content (AvgIpc) is 2.42. The SMILES string of the molecule is CN(Cc1cccnc1)Cc1ccc(C(=O)O)cc1Br. The molecule has 4 nitrogen and oxygen atoms in total. The number of hydrogen-bond donors (Lipinski definition) is 1. The molecule has 2 aromatic rings. The van der Waals surface area contributed by atoms with Crippen molar-refractivity contribution in [1.82, 2.24) is 9.88 Å². The second-order valence-electron chi connectivity index (χ2n) is 4.64. The summed E-state index contributed by atoms with van der Waals surface area (Å²) < 4.78 is 0.815. The van der Waals surface area contributed by atoms with E-state index in [4.69, 9.17) is 5.11 Å². The Morgan fingerprint density at radius 3 is 2.75 bits per heavy atom. The highest BCUT2D eigenvalue weighted by molar-refractivity contribution is 9.10. The highest BCUT2D eigenvalue weighted by Crippen LogP contribution is 2.20. The molecule has 0 aliphatic rings. The first-order valence-corrected chi connectivity index (χ1v) is 6.94. The molecule has 104 valence electrons. The van der Waals surface area contributed by atoms with Gasteiger partial charge in [-0.2, -0.15) is 0 Å². The minimum Gasteiger partial charge on any atom is -0.478 e. The van der Waals surface area contributed by atoms with Crippen molar-refractivity contribution in [1.29, 1.82) is 0 Å². The lowest BCUT2D eigenvalue weighted by atomic mass is 10.1. The third-order valence-electron chi connectivity index (χ3n) is 2.92. The number of carbonyl (C=O) groups is 1. The number of nitrogens with zero attached hydrogens (tertiary/aromatic N) is 2. The van der Waals surface area contributed by atoms with E-state index in [9.17, 15) is 4.79 Å². The molecule has 20 heavy (non-hydrogen) atoms. The van der Waals surface area contributed by atoms with Crippen molar-refractivity contribution >= 4 is 21.9 Å². The summed E-state index contributed by atoms with van der Waals surface area (Å²) in [7, 11) is 2.02. The fraction of sp³-hybridized carbons (Fsp3) is 0.200. The summed E-state index contributed by atoms with van der Waals surface area (Å²) in [6, 6.07) is 9.05. The fourth-order valence-corrected chi connectivity index (χ4v) is 2.46. The first-order chi connectivity index (χ1) is 9.56. The smallest absolute Gasteiger partial charge is 0.335 e. The second kappa shape index (κ2) is 6.63. The number of aromatic nitrogens is 1. The maximum Gasteiger partial charge on any atom is 0.335 e. The van der Waals surface area contributed by atoms with Crippen LogP contribution in [0.1, 0.15) is 21.5 Å². The molecule has 1 heterocycles. The first-order valence-electron chi connectivity index (χ1n) is 6.15. The zero-order valence-electron chi connectivity index (χ0n) is 11.1. The highest BCUT2D eigenvalue weighted by Gasteiger charge is 2.09. The maximum absolute atomic E-state index is 10.9. The highest BCUT2D eigenvalue weighted by atomic mass is 79.9. The Morgan fingerprint density at radius 2 is 2.15 bits per heavy atom. The van der Waals surface area contributed by atoms with E-state index in [2.05, 4.69) is 25.8 Å². The van der Waals surface area contributed by atoms with E-state index >= 15 is 0 Å². The lowest BCUT2D eigenvalue weighted by Crippen LogP contribution is -2.17. The molecule has 0 saturated heterocycles. The third-order valence-corrected chi connectivity index (χ3v) is 3.65. The molecule has 0 amide bonds. The molecular formula is C15H15BrN2O2. The second-order valence-corrected chi connectivity index (χ2v) is 5.50. The monoisotopic (exact) mass is 334 g/mol. The van der Waals surface area contributed by atoms with Gasteiger partial charge in [0, 0.05) is 30.0 Å². The van der Waals surface area contributed by atoms with E-state index in [0.29, 0.717) is 0 Å². The number of carboxylic acid groups (broad SMARTS) is 1. The quantitative estimate of drug-likeness (QED) is 0.912. The number of hydrogen-bond acceptors (Lipinski definition) is 3. The van der Waals surface area contributed by atoms with Gasteiger partial charge < -0.3 is 5.11 Å². The molecule has 0 unspecified atom stereocenters. The van der Waals surface area contributed by atoms with Crippen LogP contribution in [0.5, 0.6) is 0 Å². The van der Waals surface area contributed by atoms with Crippen molar-refractivity contribution in [2.45, 2.75) is 13.1 Å². The summed E-state index contributed by atoms with van der Waals surface area (Å²) >= 11 is 3.43. The lowest BCUT2D eigenvalue weighted by Gasteiger charge is -2.17. The van der Waals surface area contributed by atoms with Crippen LogP contribution < -0.4 is 0 Å². The molecule has 5 heteroatoms. The van der Waals surface area contributed by atoms with Gasteiger partial charge in [-0.15, -0.1) is 0 Å². The lowest BCUT2D eigenvalue weighted by molar-refractivity contribution is 0.0697. The van der Waals surface area contributed by atoms with Gasteiger partial charge in [-0.1, -0.05) is 28.1 Å². The van der Waals surface area contributed by atoms with Gasteiger partial charge in [0.25, 0.3) is 0 Å². The molecule has 0 bridgehead atoms. The molecule has 0 fully saturated rings. The van der Waals surface area contributed by atoms with Crippen molar-refractivity contribution in [2.24, 2.45) is 0 Å². The minimum atomic E-state index is -0.916. The Bertz CT molecular complexity index is 602. The van der Waals surface area contributed by atoms with Crippen LogP contribution in [0.2, 0.25) is 0 Å². The van der Waals surface area contributed by atoms with E-state index in [1.165, 1.54) is 0 Å². The third kappa shape index (κ3) is 3.88. The molecule has 0 aliphatic carbocycles. The Morgan fingerprint density at radius 1 is 1.35 bits per heavy atom. The number of halogens is 1. The van der Waals surface area contributed by atoms with Gasteiger partial charge in [-0.05, 0) is 36.4 Å². The molecule has 1 N–H and O–H groups in total. The summed E-state index contributed by atoms with van der Waals surface area (Å²) in [5.74, 6) is -0.916. The minimum absolute atomic E-state index is 0.288. The van der Waals surface area contributed by atoms with Crippen LogP contribution in [0.4, 0.5) is 0 Å². The Labute approximate surface area is 126 Å². The standard InChI is InChI=1S/C15H15BrN2O2/c1-18(9-11-3-2-6-17-8-11)10-13-5-4-12(15(19)20)7-14(13)16/h2-8H,9-10H2,1H3,(H,19,20). The van der Waals surface area contributed by atoms with Gasteiger partial charge in [0.15, 0.2) is 0 Å². The van der Waals surface area contributed by atoms with Crippen LogP contribution in [0, 0.1) is 0 Å². The zero-order chi connectivity index (χ0) is 14.5. The van der Waals surface area contributed by atoms with Crippen LogP contribution in [0.3, 0.4) is 0 Å². The molecule has 1 aromatic heterocycles. The Kier molecular flexibility index (Phi) is 4.87. The van der Waals surface area contributed by atoms with Crippen molar-refractivity contribution in [3.63, 3.8) is 0 Å². The van der Waals surface area contributed by atoms with Gasteiger partial charge in [0.1, 0.15) is 0 Å². The van der Waals surface area contributed by atoms with Gasteiger partial charge >= 0.3 is 5.97 Å². The van der Waals surface area contributed by atoms with Gasteiger partial charge in [0.2, 0.25) is 0 Å². The predicted octanol–water partition coefficient (Wildman–Crippen LogP) is 3.17. The van der Waals surface area contributed by atoms with Crippen LogP contribution in [-0.4, -0.2) is 28.0 Å². The van der Waals surface area contributed by atoms with Crippen molar-refractivity contribution in [3.8, 4) is 0 Å². The number of carboxylic acids is 1. The van der Waals surface area contributed by atoms with E-state index < -0.39 is 5.97 Å². The van der Waals surface area contributed by atoms with Gasteiger partial charge in [-0.25, -0.2) is 4.79 Å². The average molecular weight is 335 g/mol.